The summed E-state index contributed by atoms with van der Waals surface area (Å²) >= 11 is 0. The van der Waals surface area contributed by atoms with Crippen LogP contribution < -0.4 is 5.32 Å². The molecule has 6 nitrogen and oxygen atoms in total. The number of nitrogens with one attached hydrogen (secondary N) is 1. The van der Waals surface area contributed by atoms with Crippen molar-refractivity contribution < 1.29 is 17.2 Å². The number of rotatable bonds is 6. The van der Waals surface area contributed by atoms with E-state index in [-0.39, 0.29) is 17.1 Å². The van der Waals surface area contributed by atoms with Crippen LogP contribution in [0.3, 0.4) is 0 Å². The van der Waals surface area contributed by atoms with Crippen LogP contribution in [-0.4, -0.2) is 36.6 Å². The molecular weight excluding hydrogens is 338 g/mol. The Morgan fingerprint density at radius 1 is 1.33 bits per heavy atom. The van der Waals surface area contributed by atoms with Gasteiger partial charge in [-0.2, -0.15) is 5.10 Å². The number of alkyl halides is 2. The highest BCUT2D eigenvalue weighted by molar-refractivity contribution is 7.89. The highest BCUT2D eigenvalue weighted by Crippen LogP contribution is 2.25. The van der Waals surface area contributed by atoms with Gasteiger partial charge in [-0.25, -0.2) is 21.5 Å². The third-order valence-corrected chi connectivity index (χ3v) is 5.41. The fourth-order valence-corrected chi connectivity index (χ4v) is 3.16. The maximum Gasteiger partial charge on any atom is 0.282 e. The van der Waals surface area contributed by atoms with Gasteiger partial charge in [-0.1, -0.05) is 6.07 Å². The fraction of sp³-hybridized carbons (Fsp3) is 0.400. The Balaban J connectivity index is 2.28. The molecule has 0 aliphatic heterocycles. The number of hydrogen-bond acceptors (Lipinski definition) is 4. The lowest BCUT2D eigenvalue weighted by Gasteiger charge is -2.15. The first-order valence-electron chi connectivity index (χ1n) is 7.20. The molecule has 0 radical (unpaired) electrons. The molecule has 0 unspecified atom stereocenters. The van der Waals surface area contributed by atoms with E-state index in [1.54, 1.807) is 13.1 Å². The standard InChI is InChI=1S/C15H20F2N4O2S/c1-10-5-6-12(24(22,23)20(2)3)7-13(10)18-8-11-9-21(4)19-14(11)15(16)17/h5-7,9,15,18H,8H2,1-4H3. The van der Waals surface area contributed by atoms with Gasteiger partial charge < -0.3 is 5.32 Å². The number of halogens is 2. The van der Waals surface area contributed by atoms with Crippen LogP contribution in [0.5, 0.6) is 0 Å². The van der Waals surface area contributed by atoms with Crippen molar-refractivity contribution in [1.82, 2.24) is 14.1 Å². The van der Waals surface area contributed by atoms with Gasteiger partial charge >= 0.3 is 0 Å². The minimum Gasteiger partial charge on any atom is -0.381 e. The van der Waals surface area contributed by atoms with Crippen LogP contribution >= 0.6 is 0 Å². The molecule has 132 valence electrons. The van der Waals surface area contributed by atoms with Crippen molar-refractivity contribution in [1.29, 1.82) is 0 Å². The van der Waals surface area contributed by atoms with Crippen LogP contribution in [0.25, 0.3) is 0 Å². The van der Waals surface area contributed by atoms with Gasteiger partial charge in [0.25, 0.3) is 6.43 Å². The molecule has 0 saturated heterocycles. The molecule has 0 spiro atoms. The van der Waals surface area contributed by atoms with Crippen molar-refractivity contribution >= 4 is 15.7 Å². The molecular formula is C15H20F2N4O2S. The first-order valence-corrected chi connectivity index (χ1v) is 8.64. The second kappa shape index (κ2) is 6.86. The predicted molar refractivity (Wildman–Crippen MR) is 87.5 cm³/mol. The minimum atomic E-state index is -3.56. The van der Waals surface area contributed by atoms with Gasteiger partial charge in [0.15, 0.2) is 0 Å². The zero-order valence-corrected chi connectivity index (χ0v) is 14.7. The summed E-state index contributed by atoms with van der Waals surface area (Å²) in [7, 11) is 0.917. The molecule has 2 rings (SSSR count). The Kier molecular flexibility index (Phi) is 5.24. The van der Waals surface area contributed by atoms with E-state index in [2.05, 4.69) is 10.4 Å². The van der Waals surface area contributed by atoms with E-state index in [9.17, 15) is 17.2 Å². The summed E-state index contributed by atoms with van der Waals surface area (Å²) in [5.74, 6) is 0. The van der Waals surface area contributed by atoms with Gasteiger partial charge in [-0.05, 0) is 24.6 Å². The van der Waals surface area contributed by atoms with E-state index in [4.69, 9.17) is 0 Å². The van der Waals surface area contributed by atoms with Crippen LogP contribution in [0, 0.1) is 6.92 Å². The molecule has 0 fully saturated rings. The van der Waals surface area contributed by atoms with Crippen molar-refractivity contribution in [2.75, 3.05) is 19.4 Å². The predicted octanol–water partition coefficient (Wildman–Crippen LogP) is 2.53. The summed E-state index contributed by atoms with van der Waals surface area (Å²) in [6.45, 7) is 1.94. The molecule has 1 aromatic heterocycles. The molecule has 1 N–H and O–H groups in total. The van der Waals surface area contributed by atoms with E-state index in [1.165, 1.54) is 37.1 Å². The molecule has 9 heteroatoms. The van der Waals surface area contributed by atoms with Crippen molar-refractivity contribution in [3.05, 3.63) is 41.2 Å². The summed E-state index contributed by atoms with van der Waals surface area (Å²) in [6, 6.07) is 4.70. The summed E-state index contributed by atoms with van der Waals surface area (Å²) < 4.78 is 52.8. The van der Waals surface area contributed by atoms with Gasteiger partial charge in [0, 0.05) is 45.1 Å². The van der Waals surface area contributed by atoms with Crippen LogP contribution in [0.1, 0.15) is 23.2 Å². The van der Waals surface area contributed by atoms with E-state index in [1.807, 2.05) is 6.92 Å². The molecule has 0 bridgehead atoms. The SMILES string of the molecule is Cc1ccc(S(=O)(=O)N(C)C)cc1NCc1cn(C)nc1C(F)F. The average molecular weight is 358 g/mol. The minimum absolute atomic E-state index is 0.125. The molecule has 0 saturated carbocycles. The maximum absolute atomic E-state index is 13.0. The summed E-state index contributed by atoms with van der Waals surface area (Å²) in [4.78, 5) is 0.140. The third-order valence-electron chi connectivity index (χ3n) is 3.60. The van der Waals surface area contributed by atoms with Crippen LogP contribution in [0.2, 0.25) is 0 Å². The Morgan fingerprint density at radius 3 is 2.58 bits per heavy atom. The van der Waals surface area contributed by atoms with Crippen molar-refractivity contribution in [2.24, 2.45) is 7.05 Å². The summed E-state index contributed by atoms with van der Waals surface area (Å²) in [5.41, 5.74) is 1.48. The maximum atomic E-state index is 13.0. The van der Waals surface area contributed by atoms with Crippen LogP contribution in [0.4, 0.5) is 14.5 Å². The largest absolute Gasteiger partial charge is 0.381 e. The molecule has 0 atom stereocenters. The number of sulfonamides is 1. The monoisotopic (exact) mass is 358 g/mol. The Morgan fingerprint density at radius 2 is 2.00 bits per heavy atom. The number of aromatic nitrogens is 2. The molecule has 0 aliphatic carbocycles. The Bertz CT molecular complexity index is 832. The molecule has 0 amide bonds. The highest BCUT2D eigenvalue weighted by Gasteiger charge is 2.19. The zero-order chi connectivity index (χ0) is 18.1. The second-order valence-corrected chi connectivity index (χ2v) is 7.78. The number of nitrogens with zero attached hydrogens (tertiary/aromatic N) is 3. The third kappa shape index (κ3) is 3.73. The Hall–Kier alpha value is -2.00. The molecule has 24 heavy (non-hydrogen) atoms. The van der Waals surface area contributed by atoms with Crippen molar-refractivity contribution in [3.8, 4) is 0 Å². The van der Waals surface area contributed by atoms with Gasteiger partial charge in [-0.3, -0.25) is 4.68 Å². The first-order chi connectivity index (χ1) is 11.1. The molecule has 2 aromatic rings. The first kappa shape index (κ1) is 18.3. The molecule has 0 aliphatic rings. The molecule has 1 heterocycles. The quantitative estimate of drug-likeness (QED) is 0.862. The Labute approximate surface area is 140 Å². The van der Waals surface area contributed by atoms with Crippen molar-refractivity contribution in [3.63, 3.8) is 0 Å². The van der Waals surface area contributed by atoms with E-state index >= 15 is 0 Å². The smallest absolute Gasteiger partial charge is 0.282 e. The fourth-order valence-electron chi connectivity index (χ4n) is 2.23. The van der Waals surface area contributed by atoms with E-state index < -0.39 is 16.4 Å². The number of hydrogen-bond donors (Lipinski definition) is 1. The van der Waals surface area contributed by atoms with Gasteiger partial charge in [-0.15, -0.1) is 0 Å². The lowest BCUT2D eigenvalue weighted by molar-refractivity contribution is 0.144. The molecule has 1 aromatic carbocycles. The van der Waals surface area contributed by atoms with Crippen LogP contribution in [0.15, 0.2) is 29.3 Å². The van der Waals surface area contributed by atoms with E-state index in [0.717, 1.165) is 9.87 Å². The number of anilines is 1. The van der Waals surface area contributed by atoms with Crippen LogP contribution in [-0.2, 0) is 23.6 Å². The normalized spacial score (nSPS) is 12.2. The van der Waals surface area contributed by atoms with Gasteiger partial charge in [0.2, 0.25) is 10.0 Å². The lowest BCUT2D eigenvalue weighted by Crippen LogP contribution is -2.22. The van der Waals surface area contributed by atoms with Gasteiger partial charge in [0.05, 0.1) is 4.90 Å². The average Bonchev–Trinajstić information content (AvgIpc) is 2.87. The zero-order valence-electron chi connectivity index (χ0n) is 13.9. The van der Waals surface area contributed by atoms with Gasteiger partial charge in [0.1, 0.15) is 5.69 Å². The number of aryl methyl sites for hydroxylation is 2. The second-order valence-electron chi connectivity index (χ2n) is 5.63. The van der Waals surface area contributed by atoms with Crippen molar-refractivity contribution in [2.45, 2.75) is 24.8 Å². The topological polar surface area (TPSA) is 67.2 Å². The summed E-state index contributed by atoms with van der Waals surface area (Å²) in [5, 5.41) is 6.77. The van der Waals surface area contributed by atoms with E-state index in [0.29, 0.717) is 11.3 Å². The number of benzene rings is 1. The summed E-state index contributed by atoms with van der Waals surface area (Å²) in [6.07, 6.45) is -1.14. The lowest BCUT2D eigenvalue weighted by atomic mass is 10.2. The highest BCUT2D eigenvalue weighted by atomic mass is 32.2.